The van der Waals surface area contributed by atoms with Crippen molar-refractivity contribution in [1.29, 1.82) is 0 Å². The third kappa shape index (κ3) is 3.48. The number of aryl methyl sites for hydroxylation is 1. The van der Waals surface area contributed by atoms with Crippen LogP contribution in [0.5, 0.6) is 0 Å². The van der Waals surface area contributed by atoms with Crippen molar-refractivity contribution in [3.05, 3.63) is 45.8 Å². The Morgan fingerprint density at radius 3 is 3.12 bits per heavy atom. The van der Waals surface area contributed by atoms with Gasteiger partial charge in [-0.2, -0.15) is 5.10 Å². The van der Waals surface area contributed by atoms with Crippen LogP contribution in [-0.4, -0.2) is 25.2 Å². The number of thiophene rings is 1. The first-order valence-electron chi connectivity index (χ1n) is 8.62. The summed E-state index contributed by atoms with van der Waals surface area (Å²) >= 11 is 1.54. The zero-order valence-corrected chi connectivity index (χ0v) is 15.0. The van der Waals surface area contributed by atoms with Gasteiger partial charge in [-0.15, -0.1) is 11.3 Å². The lowest BCUT2D eigenvalue weighted by molar-refractivity contribution is -0.122. The van der Waals surface area contributed by atoms with E-state index < -0.39 is 0 Å². The van der Waals surface area contributed by atoms with Gasteiger partial charge in [-0.05, 0) is 24.3 Å². The Labute approximate surface area is 153 Å². The molecule has 1 N–H and O–H groups in total. The maximum atomic E-state index is 12.4. The van der Waals surface area contributed by atoms with E-state index in [-0.39, 0.29) is 24.7 Å². The first-order chi connectivity index (χ1) is 12.7. The van der Waals surface area contributed by atoms with Crippen LogP contribution in [0, 0.1) is 0 Å². The van der Waals surface area contributed by atoms with Gasteiger partial charge in [0.25, 0.3) is 0 Å². The van der Waals surface area contributed by atoms with Gasteiger partial charge in [-0.3, -0.25) is 9.36 Å². The van der Waals surface area contributed by atoms with Crippen molar-refractivity contribution in [2.24, 2.45) is 0 Å². The van der Waals surface area contributed by atoms with E-state index in [1.165, 1.54) is 22.3 Å². The van der Waals surface area contributed by atoms with E-state index in [0.717, 1.165) is 36.4 Å². The number of fused-ring (bicyclic) bond motifs is 1. The topological polar surface area (TPSA) is 95.0 Å². The molecule has 0 fully saturated rings. The van der Waals surface area contributed by atoms with Gasteiger partial charge in [0.15, 0.2) is 0 Å². The van der Waals surface area contributed by atoms with Crippen molar-refractivity contribution in [2.75, 3.05) is 0 Å². The number of nitrogens with zero attached hydrogens (tertiary/aromatic N) is 4. The number of carbonyl (C=O) groups is 1. The highest BCUT2D eigenvalue weighted by molar-refractivity contribution is 7.13. The normalized spacial score (nSPS) is 14.0. The van der Waals surface area contributed by atoms with Crippen molar-refractivity contribution in [2.45, 2.75) is 45.3 Å². The Kier molecular flexibility index (Phi) is 4.70. The quantitative estimate of drug-likeness (QED) is 0.736. The molecule has 26 heavy (non-hydrogen) atoms. The third-order valence-electron chi connectivity index (χ3n) is 4.33. The van der Waals surface area contributed by atoms with E-state index in [9.17, 15) is 9.59 Å². The zero-order chi connectivity index (χ0) is 17.9. The van der Waals surface area contributed by atoms with Crippen LogP contribution in [0.4, 0.5) is 0 Å². The Hall–Kier alpha value is -2.68. The minimum atomic E-state index is -0.277. The molecule has 3 aromatic heterocycles. The molecule has 8 nitrogen and oxygen atoms in total. The second kappa shape index (κ2) is 7.28. The summed E-state index contributed by atoms with van der Waals surface area (Å²) < 4.78 is 8.35. The molecule has 4 heterocycles. The average Bonchev–Trinajstić information content (AvgIpc) is 3.33. The number of oxazole rings is 1. The minimum Gasteiger partial charge on any atom is -0.443 e. The fourth-order valence-electron chi connectivity index (χ4n) is 3.01. The summed E-state index contributed by atoms with van der Waals surface area (Å²) in [5, 5.41) is 9.03. The van der Waals surface area contributed by atoms with Crippen LogP contribution >= 0.6 is 11.3 Å². The number of amides is 1. The van der Waals surface area contributed by atoms with Crippen LogP contribution < -0.4 is 11.0 Å². The molecule has 9 heteroatoms. The van der Waals surface area contributed by atoms with Gasteiger partial charge in [0.2, 0.25) is 11.8 Å². The number of hydrogen-bond donors (Lipinski definition) is 1. The Balaban J connectivity index is 1.37. The highest BCUT2D eigenvalue weighted by Gasteiger charge is 2.17. The number of nitrogens with one attached hydrogen (secondary N) is 1. The molecule has 136 valence electrons. The van der Waals surface area contributed by atoms with Crippen molar-refractivity contribution < 1.29 is 9.21 Å². The maximum Gasteiger partial charge on any atom is 0.346 e. The summed E-state index contributed by atoms with van der Waals surface area (Å²) in [5.41, 5.74) is 0.424. The van der Waals surface area contributed by atoms with Gasteiger partial charge in [0.1, 0.15) is 18.6 Å². The molecule has 3 aromatic rings. The van der Waals surface area contributed by atoms with E-state index in [0.29, 0.717) is 18.1 Å². The molecule has 0 spiro atoms. The molecule has 0 saturated heterocycles. The first-order valence-corrected chi connectivity index (χ1v) is 9.50. The summed E-state index contributed by atoms with van der Waals surface area (Å²) in [6.07, 6.45) is 5.42. The highest BCUT2D eigenvalue weighted by atomic mass is 32.1. The predicted molar refractivity (Wildman–Crippen MR) is 95.7 cm³/mol. The average molecular weight is 373 g/mol. The van der Waals surface area contributed by atoms with E-state index in [1.807, 2.05) is 17.5 Å². The van der Waals surface area contributed by atoms with Crippen LogP contribution in [0.25, 0.3) is 10.8 Å². The molecular weight excluding hydrogens is 354 g/mol. The highest BCUT2D eigenvalue weighted by Crippen LogP contribution is 2.23. The fraction of sp³-hybridized carbons (Fsp3) is 0.412. The smallest absolute Gasteiger partial charge is 0.346 e. The lowest BCUT2D eigenvalue weighted by atomic mass is 10.2. The molecule has 0 saturated carbocycles. The lowest BCUT2D eigenvalue weighted by Crippen LogP contribution is -2.33. The molecule has 1 amide bonds. The molecule has 1 aliphatic heterocycles. The Bertz CT molecular complexity index is 954. The van der Waals surface area contributed by atoms with Crippen molar-refractivity contribution in [1.82, 2.24) is 24.6 Å². The molecule has 0 atom stereocenters. The molecule has 0 aromatic carbocycles. The third-order valence-corrected chi connectivity index (χ3v) is 5.18. The molecule has 0 aliphatic carbocycles. The second-order valence-electron chi connectivity index (χ2n) is 6.22. The summed E-state index contributed by atoms with van der Waals surface area (Å²) in [5.74, 6) is 1.04. The summed E-state index contributed by atoms with van der Waals surface area (Å²) in [6.45, 7) is 0.838. The van der Waals surface area contributed by atoms with E-state index in [1.54, 1.807) is 4.57 Å². The standard InChI is InChI=1S/C17H19N5O3S/c23-15(10-22-17(24)21-7-3-1-2-6-14(21)20-22)18-9-12-11-25-16(19-12)13-5-4-8-26-13/h4-5,8,11H,1-3,6-7,9-10H2,(H,18,23). The molecule has 1 aliphatic rings. The lowest BCUT2D eigenvalue weighted by Gasteiger charge is -2.02. The maximum absolute atomic E-state index is 12.4. The van der Waals surface area contributed by atoms with E-state index >= 15 is 0 Å². The van der Waals surface area contributed by atoms with Crippen LogP contribution in [0.15, 0.2) is 33.0 Å². The monoisotopic (exact) mass is 373 g/mol. The van der Waals surface area contributed by atoms with Crippen molar-refractivity contribution in [3.8, 4) is 10.8 Å². The number of hydrogen-bond acceptors (Lipinski definition) is 6. The van der Waals surface area contributed by atoms with Gasteiger partial charge < -0.3 is 9.73 Å². The van der Waals surface area contributed by atoms with Gasteiger partial charge in [-0.1, -0.05) is 12.5 Å². The number of aromatic nitrogens is 4. The Morgan fingerprint density at radius 1 is 1.35 bits per heavy atom. The second-order valence-corrected chi connectivity index (χ2v) is 7.16. The van der Waals surface area contributed by atoms with Crippen LogP contribution in [0.1, 0.15) is 30.8 Å². The summed E-state index contributed by atoms with van der Waals surface area (Å²) in [7, 11) is 0. The first kappa shape index (κ1) is 16.8. The Morgan fingerprint density at radius 2 is 2.27 bits per heavy atom. The molecule has 0 radical (unpaired) electrons. The fourth-order valence-corrected chi connectivity index (χ4v) is 3.67. The van der Waals surface area contributed by atoms with E-state index in [2.05, 4.69) is 15.4 Å². The molecule has 0 unspecified atom stereocenters. The van der Waals surface area contributed by atoms with Crippen LogP contribution in [0.3, 0.4) is 0 Å². The molecular formula is C17H19N5O3S. The zero-order valence-electron chi connectivity index (χ0n) is 14.2. The number of rotatable bonds is 5. The summed E-state index contributed by atoms with van der Waals surface area (Å²) in [4.78, 5) is 29.8. The van der Waals surface area contributed by atoms with Crippen molar-refractivity contribution in [3.63, 3.8) is 0 Å². The van der Waals surface area contributed by atoms with E-state index in [4.69, 9.17) is 4.42 Å². The van der Waals surface area contributed by atoms with Crippen molar-refractivity contribution >= 4 is 17.2 Å². The predicted octanol–water partition coefficient (Wildman–Crippen LogP) is 1.80. The largest absolute Gasteiger partial charge is 0.443 e. The van der Waals surface area contributed by atoms with Gasteiger partial charge in [-0.25, -0.2) is 14.5 Å². The van der Waals surface area contributed by atoms with Crippen LogP contribution in [-0.2, 0) is 30.8 Å². The number of carbonyl (C=O) groups excluding carboxylic acids is 1. The molecule has 0 bridgehead atoms. The SMILES string of the molecule is O=C(Cn1nc2n(c1=O)CCCCC2)NCc1coc(-c2cccs2)n1. The molecule has 4 rings (SSSR count). The van der Waals surface area contributed by atoms with Gasteiger partial charge in [0.05, 0.1) is 17.1 Å². The minimum absolute atomic E-state index is 0.0888. The van der Waals surface area contributed by atoms with Gasteiger partial charge >= 0.3 is 5.69 Å². The van der Waals surface area contributed by atoms with Crippen LogP contribution in [0.2, 0.25) is 0 Å². The van der Waals surface area contributed by atoms with Gasteiger partial charge in [0, 0.05) is 13.0 Å². The summed E-state index contributed by atoms with van der Waals surface area (Å²) in [6, 6.07) is 3.85.